The van der Waals surface area contributed by atoms with Crippen molar-refractivity contribution in [3.05, 3.63) is 46.7 Å². The number of carboxylic acids is 1. The second-order valence-corrected chi connectivity index (χ2v) is 5.80. The molecule has 0 aliphatic carbocycles. The number of nitrogens with zero attached hydrogens (tertiary/aromatic N) is 3. The van der Waals surface area contributed by atoms with E-state index in [9.17, 15) is 9.90 Å². The van der Waals surface area contributed by atoms with Crippen LogP contribution in [0.2, 0.25) is 0 Å². The van der Waals surface area contributed by atoms with Crippen molar-refractivity contribution in [2.24, 2.45) is 0 Å². The topological polar surface area (TPSA) is 88.0 Å². The summed E-state index contributed by atoms with van der Waals surface area (Å²) >= 11 is 1.35. The lowest BCUT2D eigenvalue weighted by molar-refractivity contribution is 0.0693. The number of hydrogen-bond donors (Lipinski definition) is 2. The summed E-state index contributed by atoms with van der Waals surface area (Å²) in [5.41, 5.74) is 2.48. The summed E-state index contributed by atoms with van der Waals surface area (Å²) in [5, 5.41) is 14.3. The highest BCUT2D eigenvalue weighted by Gasteiger charge is 2.18. The zero-order valence-corrected chi connectivity index (χ0v) is 12.9. The molecule has 0 saturated heterocycles. The lowest BCUT2D eigenvalue weighted by atomic mass is 10.2. The van der Waals surface area contributed by atoms with Crippen LogP contribution in [0.15, 0.2) is 29.8 Å². The molecule has 0 fully saturated rings. The number of rotatable bonds is 4. The highest BCUT2D eigenvalue weighted by molar-refractivity contribution is 7.17. The maximum atomic E-state index is 11.4. The third-order valence-electron chi connectivity index (χ3n) is 3.27. The van der Waals surface area contributed by atoms with Crippen LogP contribution in [0.3, 0.4) is 0 Å². The van der Waals surface area contributed by atoms with Crippen LogP contribution < -0.4 is 5.32 Å². The van der Waals surface area contributed by atoms with Crippen molar-refractivity contribution >= 4 is 33.5 Å². The van der Waals surface area contributed by atoms with E-state index < -0.39 is 5.97 Å². The number of pyridine rings is 1. The standard InChI is InChI=1S/C15H14N4O2S/c1-8-7-22-13-11(8)18-15(19-12(13)14(20)21)17-9(2)10-5-3-4-6-16-10/h3-7,9H,1-2H3,(H,20,21)(H,17,18,19)/t9-/m0/s1. The minimum Gasteiger partial charge on any atom is -0.476 e. The Morgan fingerprint density at radius 1 is 1.36 bits per heavy atom. The average Bonchev–Trinajstić information content (AvgIpc) is 2.89. The summed E-state index contributed by atoms with van der Waals surface area (Å²) in [6.07, 6.45) is 1.71. The van der Waals surface area contributed by atoms with E-state index in [1.54, 1.807) is 6.20 Å². The first-order valence-electron chi connectivity index (χ1n) is 6.73. The second kappa shape index (κ2) is 5.69. The van der Waals surface area contributed by atoms with Gasteiger partial charge in [0.1, 0.15) is 0 Å². The number of anilines is 1. The number of thiophene rings is 1. The SMILES string of the molecule is Cc1csc2c(C(=O)O)nc(N[C@@H](C)c3ccccn3)nc12. The fraction of sp³-hybridized carbons (Fsp3) is 0.200. The van der Waals surface area contributed by atoms with Crippen LogP contribution >= 0.6 is 11.3 Å². The predicted molar refractivity (Wildman–Crippen MR) is 85.4 cm³/mol. The first kappa shape index (κ1) is 14.4. The molecule has 3 aromatic heterocycles. The first-order valence-corrected chi connectivity index (χ1v) is 7.61. The molecule has 3 aromatic rings. The Labute approximate surface area is 130 Å². The van der Waals surface area contributed by atoms with Crippen molar-refractivity contribution in [3.63, 3.8) is 0 Å². The number of aromatic nitrogens is 3. The largest absolute Gasteiger partial charge is 0.476 e. The van der Waals surface area contributed by atoms with Crippen molar-refractivity contribution in [3.8, 4) is 0 Å². The number of aromatic carboxylic acids is 1. The molecule has 22 heavy (non-hydrogen) atoms. The highest BCUT2D eigenvalue weighted by atomic mass is 32.1. The molecular weight excluding hydrogens is 300 g/mol. The monoisotopic (exact) mass is 314 g/mol. The molecule has 0 radical (unpaired) electrons. The fourth-order valence-corrected chi connectivity index (χ4v) is 3.11. The molecule has 0 bridgehead atoms. The average molecular weight is 314 g/mol. The highest BCUT2D eigenvalue weighted by Crippen LogP contribution is 2.28. The number of carbonyl (C=O) groups is 1. The molecule has 3 heterocycles. The molecule has 112 valence electrons. The van der Waals surface area contributed by atoms with Crippen molar-refractivity contribution in [2.45, 2.75) is 19.9 Å². The molecule has 0 amide bonds. The van der Waals surface area contributed by atoms with Gasteiger partial charge in [0.2, 0.25) is 5.95 Å². The Kier molecular flexibility index (Phi) is 3.72. The molecule has 7 heteroatoms. The van der Waals surface area contributed by atoms with Gasteiger partial charge in [-0.15, -0.1) is 11.3 Å². The van der Waals surface area contributed by atoms with E-state index in [1.165, 1.54) is 11.3 Å². The Bertz CT molecular complexity index is 832. The smallest absolute Gasteiger partial charge is 0.356 e. The summed E-state index contributed by atoms with van der Waals surface area (Å²) in [5.74, 6) is -0.757. The Balaban J connectivity index is 2.00. The lowest BCUT2D eigenvalue weighted by Gasteiger charge is -2.13. The van der Waals surface area contributed by atoms with Gasteiger partial charge in [-0.25, -0.2) is 14.8 Å². The molecule has 6 nitrogen and oxygen atoms in total. The van der Waals surface area contributed by atoms with Crippen molar-refractivity contribution in [1.82, 2.24) is 15.0 Å². The van der Waals surface area contributed by atoms with Crippen molar-refractivity contribution in [1.29, 1.82) is 0 Å². The quantitative estimate of drug-likeness (QED) is 0.768. The number of fused-ring (bicyclic) bond motifs is 1. The number of aryl methyl sites for hydroxylation is 1. The Hall–Kier alpha value is -2.54. The molecule has 0 unspecified atom stereocenters. The minimum absolute atomic E-state index is 0.0267. The van der Waals surface area contributed by atoms with Crippen LogP contribution in [0.1, 0.15) is 34.7 Å². The summed E-state index contributed by atoms with van der Waals surface area (Å²) in [4.78, 5) is 24.3. The zero-order valence-electron chi connectivity index (χ0n) is 12.1. The maximum Gasteiger partial charge on any atom is 0.356 e. The molecule has 3 rings (SSSR count). The summed E-state index contributed by atoms with van der Waals surface area (Å²) in [7, 11) is 0. The van der Waals surface area contributed by atoms with Gasteiger partial charge < -0.3 is 10.4 Å². The molecule has 0 aromatic carbocycles. The molecule has 0 saturated carbocycles. The van der Waals surface area contributed by atoms with Crippen LogP contribution in [-0.4, -0.2) is 26.0 Å². The number of hydrogen-bond acceptors (Lipinski definition) is 6. The van der Waals surface area contributed by atoms with Gasteiger partial charge in [-0.1, -0.05) is 6.07 Å². The summed E-state index contributed by atoms with van der Waals surface area (Å²) < 4.78 is 0.598. The van der Waals surface area contributed by atoms with E-state index in [2.05, 4.69) is 20.3 Å². The van der Waals surface area contributed by atoms with Crippen molar-refractivity contribution in [2.75, 3.05) is 5.32 Å². The number of carboxylic acid groups (broad SMARTS) is 1. The van der Waals surface area contributed by atoms with Crippen LogP contribution in [0.4, 0.5) is 5.95 Å². The van der Waals surface area contributed by atoms with Crippen molar-refractivity contribution < 1.29 is 9.90 Å². The third kappa shape index (κ3) is 2.62. The first-order chi connectivity index (χ1) is 10.6. The van der Waals surface area contributed by atoms with Gasteiger partial charge in [-0.2, -0.15) is 0 Å². The lowest BCUT2D eigenvalue weighted by Crippen LogP contribution is -2.13. The predicted octanol–water partition coefficient (Wildman–Crippen LogP) is 3.27. The zero-order chi connectivity index (χ0) is 15.7. The van der Waals surface area contributed by atoms with E-state index in [0.717, 1.165) is 11.3 Å². The molecular formula is C15H14N4O2S. The van der Waals surface area contributed by atoms with Crippen LogP contribution in [0.5, 0.6) is 0 Å². The summed E-state index contributed by atoms with van der Waals surface area (Å²) in [6, 6.07) is 5.51. The van der Waals surface area contributed by atoms with E-state index in [-0.39, 0.29) is 11.7 Å². The molecule has 0 aliphatic rings. The third-order valence-corrected chi connectivity index (χ3v) is 4.37. The second-order valence-electron chi connectivity index (χ2n) is 4.92. The Morgan fingerprint density at radius 3 is 2.86 bits per heavy atom. The van der Waals surface area contributed by atoms with Gasteiger partial charge in [-0.05, 0) is 36.9 Å². The van der Waals surface area contributed by atoms with Crippen LogP contribution in [0, 0.1) is 6.92 Å². The van der Waals surface area contributed by atoms with E-state index >= 15 is 0 Å². The van der Waals surface area contributed by atoms with E-state index in [4.69, 9.17) is 0 Å². The van der Waals surface area contributed by atoms with Crippen LogP contribution in [0.25, 0.3) is 10.2 Å². The van der Waals surface area contributed by atoms with Gasteiger partial charge >= 0.3 is 5.97 Å². The van der Waals surface area contributed by atoms with Gasteiger partial charge in [0, 0.05) is 6.20 Å². The molecule has 0 spiro atoms. The van der Waals surface area contributed by atoms with Gasteiger partial charge in [0.15, 0.2) is 5.69 Å². The maximum absolute atomic E-state index is 11.4. The minimum atomic E-state index is -1.05. The molecule has 1 atom stereocenters. The van der Waals surface area contributed by atoms with Gasteiger partial charge in [0.25, 0.3) is 0 Å². The van der Waals surface area contributed by atoms with E-state index in [1.807, 2.05) is 37.4 Å². The van der Waals surface area contributed by atoms with Crippen LogP contribution in [-0.2, 0) is 0 Å². The van der Waals surface area contributed by atoms with Gasteiger partial charge in [0.05, 0.1) is 22.0 Å². The van der Waals surface area contributed by atoms with E-state index in [0.29, 0.717) is 16.2 Å². The molecule has 2 N–H and O–H groups in total. The number of nitrogens with one attached hydrogen (secondary N) is 1. The normalized spacial score (nSPS) is 12.3. The molecule has 0 aliphatic heterocycles. The van der Waals surface area contributed by atoms with Gasteiger partial charge in [-0.3, -0.25) is 4.98 Å². The Morgan fingerprint density at radius 2 is 2.18 bits per heavy atom. The summed E-state index contributed by atoms with van der Waals surface area (Å²) in [6.45, 7) is 3.83. The fourth-order valence-electron chi connectivity index (χ4n) is 2.14.